The first-order chi connectivity index (χ1) is 11.8. The van der Waals surface area contributed by atoms with Gasteiger partial charge in [-0.15, -0.1) is 0 Å². The summed E-state index contributed by atoms with van der Waals surface area (Å²) in [6.45, 7) is 0.240. The molecule has 0 saturated heterocycles. The minimum atomic E-state index is -3.58. The fourth-order valence-corrected chi connectivity index (χ4v) is 3.70. The maximum absolute atomic E-state index is 14.0. The fourth-order valence-electron chi connectivity index (χ4n) is 2.92. The number of benzene rings is 1. The van der Waals surface area contributed by atoms with Crippen LogP contribution >= 0.6 is 0 Å². The van der Waals surface area contributed by atoms with Crippen LogP contribution < -0.4 is 9.64 Å². The van der Waals surface area contributed by atoms with Crippen LogP contribution in [0.4, 0.5) is 10.1 Å². The zero-order chi connectivity index (χ0) is 18.2. The predicted molar refractivity (Wildman–Crippen MR) is 90.1 cm³/mol. The molecule has 25 heavy (non-hydrogen) atoms. The minimum absolute atomic E-state index is 0.0251. The fraction of sp³-hybridized carbons (Fsp3) is 0.294. The van der Waals surface area contributed by atoms with Gasteiger partial charge in [-0.25, -0.2) is 17.8 Å². The SMILES string of the molecule is COc1ncc(N2CCc3c(F)cccc3CC2=O)cc1S(C)(=O)=O. The van der Waals surface area contributed by atoms with Crippen LogP contribution in [-0.2, 0) is 27.5 Å². The third-order valence-electron chi connectivity index (χ3n) is 4.15. The van der Waals surface area contributed by atoms with Crippen molar-refractivity contribution in [2.75, 3.05) is 24.8 Å². The van der Waals surface area contributed by atoms with Gasteiger partial charge in [0.05, 0.1) is 25.4 Å². The molecule has 0 N–H and O–H groups in total. The monoisotopic (exact) mass is 364 g/mol. The quantitative estimate of drug-likeness (QED) is 0.830. The second-order valence-corrected chi connectivity index (χ2v) is 7.81. The van der Waals surface area contributed by atoms with E-state index in [9.17, 15) is 17.6 Å². The Kier molecular flexibility index (Phi) is 4.47. The molecular formula is C17H17FN2O4S. The van der Waals surface area contributed by atoms with Crippen LogP contribution in [0, 0.1) is 5.82 Å². The second-order valence-electron chi connectivity index (χ2n) is 5.82. The Labute approximate surface area is 145 Å². The van der Waals surface area contributed by atoms with Gasteiger partial charge in [0, 0.05) is 12.8 Å². The van der Waals surface area contributed by atoms with Crippen LogP contribution in [0.5, 0.6) is 5.88 Å². The molecule has 8 heteroatoms. The summed E-state index contributed by atoms with van der Waals surface area (Å²) in [5.41, 5.74) is 1.51. The molecule has 1 aliphatic heterocycles. The molecule has 1 aromatic carbocycles. The third kappa shape index (κ3) is 3.34. The van der Waals surface area contributed by atoms with Crippen molar-refractivity contribution in [1.29, 1.82) is 0 Å². The Morgan fingerprint density at radius 1 is 1.32 bits per heavy atom. The van der Waals surface area contributed by atoms with Crippen molar-refractivity contribution in [2.24, 2.45) is 0 Å². The van der Waals surface area contributed by atoms with Gasteiger partial charge in [-0.05, 0) is 29.7 Å². The van der Waals surface area contributed by atoms with Crippen molar-refractivity contribution in [3.63, 3.8) is 0 Å². The molecule has 1 amide bonds. The van der Waals surface area contributed by atoms with Gasteiger partial charge in [-0.2, -0.15) is 0 Å². The molecule has 0 fully saturated rings. The minimum Gasteiger partial charge on any atom is -0.480 e. The van der Waals surface area contributed by atoms with Crippen LogP contribution in [-0.4, -0.2) is 39.2 Å². The Morgan fingerprint density at radius 2 is 2.08 bits per heavy atom. The number of fused-ring (bicyclic) bond motifs is 1. The second kappa shape index (κ2) is 6.44. The maximum atomic E-state index is 14.0. The van der Waals surface area contributed by atoms with E-state index in [2.05, 4.69) is 4.98 Å². The lowest BCUT2D eigenvalue weighted by atomic mass is 10.0. The van der Waals surface area contributed by atoms with E-state index in [0.717, 1.165) is 6.26 Å². The number of aromatic nitrogens is 1. The van der Waals surface area contributed by atoms with Gasteiger partial charge in [-0.3, -0.25) is 4.79 Å². The number of pyridine rings is 1. The van der Waals surface area contributed by atoms with Crippen molar-refractivity contribution in [3.05, 3.63) is 47.4 Å². The van der Waals surface area contributed by atoms with Gasteiger partial charge in [0.2, 0.25) is 11.8 Å². The molecule has 0 bridgehead atoms. The number of carbonyl (C=O) groups is 1. The first-order valence-corrected chi connectivity index (χ1v) is 9.51. The lowest BCUT2D eigenvalue weighted by Gasteiger charge is -2.21. The van der Waals surface area contributed by atoms with E-state index < -0.39 is 9.84 Å². The predicted octanol–water partition coefficient (Wildman–Crippen LogP) is 1.76. The lowest BCUT2D eigenvalue weighted by Crippen LogP contribution is -2.32. The molecule has 2 aromatic rings. The van der Waals surface area contributed by atoms with Crippen LogP contribution in [0.2, 0.25) is 0 Å². The van der Waals surface area contributed by atoms with Crippen molar-refractivity contribution < 1.29 is 22.3 Å². The molecule has 0 saturated carbocycles. The lowest BCUT2D eigenvalue weighted by molar-refractivity contribution is -0.117. The van der Waals surface area contributed by atoms with Crippen LogP contribution in [0.3, 0.4) is 0 Å². The molecule has 0 radical (unpaired) electrons. The summed E-state index contributed by atoms with van der Waals surface area (Å²) in [6.07, 6.45) is 2.82. The number of anilines is 1. The Balaban J connectivity index is 2.01. The van der Waals surface area contributed by atoms with Gasteiger partial charge in [0.1, 0.15) is 10.7 Å². The van der Waals surface area contributed by atoms with E-state index in [0.29, 0.717) is 23.2 Å². The maximum Gasteiger partial charge on any atom is 0.232 e. The molecule has 0 atom stereocenters. The molecule has 6 nitrogen and oxygen atoms in total. The van der Waals surface area contributed by atoms with E-state index in [1.54, 1.807) is 12.1 Å². The molecule has 0 spiro atoms. The Morgan fingerprint density at radius 3 is 2.76 bits per heavy atom. The zero-order valence-corrected chi connectivity index (χ0v) is 14.6. The van der Waals surface area contributed by atoms with Gasteiger partial charge in [-0.1, -0.05) is 12.1 Å². The number of carbonyl (C=O) groups excluding carboxylic acids is 1. The summed E-state index contributed by atoms with van der Waals surface area (Å²) in [5.74, 6) is -0.601. The summed E-state index contributed by atoms with van der Waals surface area (Å²) < 4.78 is 42.9. The summed E-state index contributed by atoms with van der Waals surface area (Å²) in [7, 11) is -2.25. The number of ether oxygens (including phenoxy) is 1. The summed E-state index contributed by atoms with van der Waals surface area (Å²) in [4.78, 5) is 17.9. The molecule has 0 unspecified atom stereocenters. The topological polar surface area (TPSA) is 76.6 Å². The molecule has 1 aliphatic rings. The van der Waals surface area contributed by atoms with E-state index in [1.165, 1.54) is 30.3 Å². The van der Waals surface area contributed by atoms with Crippen molar-refractivity contribution in [2.45, 2.75) is 17.7 Å². The number of hydrogen-bond donors (Lipinski definition) is 0. The number of methoxy groups -OCH3 is 1. The van der Waals surface area contributed by atoms with Gasteiger partial charge in [0.15, 0.2) is 9.84 Å². The number of sulfone groups is 1. The first-order valence-electron chi connectivity index (χ1n) is 7.62. The van der Waals surface area contributed by atoms with Gasteiger partial charge < -0.3 is 9.64 Å². The number of rotatable bonds is 3. The van der Waals surface area contributed by atoms with Crippen LogP contribution in [0.25, 0.3) is 0 Å². The highest BCUT2D eigenvalue weighted by atomic mass is 32.2. The summed E-state index contributed by atoms with van der Waals surface area (Å²) in [5, 5.41) is 0. The first kappa shape index (κ1) is 17.3. The molecule has 2 heterocycles. The van der Waals surface area contributed by atoms with E-state index in [1.807, 2.05) is 0 Å². The molecule has 0 aliphatic carbocycles. The van der Waals surface area contributed by atoms with Crippen LogP contribution in [0.15, 0.2) is 35.4 Å². The van der Waals surface area contributed by atoms with E-state index >= 15 is 0 Å². The number of halogens is 1. The highest BCUT2D eigenvalue weighted by Crippen LogP contribution is 2.28. The average Bonchev–Trinajstić information content (AvgIpc) is 2.73. The molecule has 132 valence electrons. The summed E-state index contributed by atoms with van der Waals surface area (Å²) in [6, 6.07) is 6.04. The number of amides is 1. The Bertz CT molecular complexity index is 944. The zero-order valence-electron chi connectivity index (χ0n) is 13.8. The highest BCUT2D eigenvalue weighted by molar-refractivity contribution is 7.90. The highest BCUT2D eigenvalue weighted by Gasteiger charge is 2.26. The standard InChI is InChI=1S/C17H17FN2O4S/c1-24-17-15(25(2,22)23)9-12(10-19-17)20-7-6-13-11(8-16(20)21)4-3-5-14(13)18/h3-5,9-10H,6-8H2,1-2H3. The van der Waals surface area contributed by atoms with Crippen LogP contribution in [0.1, 0.15) is 11.1 Å². The number of hydrogen-bond acceptors (Lipinski definition) is 5. The van der Waals surface area contributed by atoms with Crippen molar-refractivity contribution >= 4 is 21.4 Å². The van der Waals surface area contributed by atoms with Gasteiger partial charge in [0.25, 0.3) is 0 Å². The van der Waals surface area contributed by atoms with E-state index in [4.69, 9.17) is 4.74 Å². The number of nitrogens with zero attached hydrogens (tertiary/aromatic N) is 2. The van der Waals surface area contributed by atoms with E-state index in [-0.39, 0.29) is 35.5 Å². The largest absolute Gasteiger partial charge is 0.480 e. The van der Waals surface area contributed by atoms with Crippen molar-refractivity contribution in [3.8, 4) is 5.88 Å². The molecule has 3 rings (SSSR count). The van der Waals surface area contributed by atoms with Crippen molar-refractivity contribution in [1.82, 2.24) is 4.98 Å². The average molecular weight is 364 g/mol. The summed E-state index contributed by atoms with van der Waals surface area (Å²) >= 11 is 0. The molecule has 1 aromatic heterocycles. The smallest absolute Gasteiger partial charge is 0.232 e. The van der Waals surface area contributed by atoms with Gasteiger partial charge >= 0.3 is 0 Å². The molecular weight excluding hydrogens is 347 g/mol. The Hall–Kier alpha value is -2.48. The normalized spacial score (nSPS) is 14.8. The third-order valence-corrected chi connectivity index (χ3v) is 5.24.